The van der Waals surface area contributed by atoms with Gasteiger partial charge in [-0.15, -0.1) is 0 Å². The summed E-state index contributed by atoms with van der Waals surface area (Å²) in [7, 11) is 0. The molecule has 0 radical (unpaired) electrons. The van der Waals surface area contributed by atoms with Gasteiger partial charge in [0.25, 0.3) is 11.8 Å². The number of carbonyl (C=O) groups is 2. The van der Waals surface area contributed by atoms with Crippen LogP contribution in [0.25, 0.3) is 0 Å². The molecule has 0 bridgehead atoms. The zero-order valence-electron chi connectivity index (χ0n) is 17.9. The molecule has 160 valence electrons. The molecule has 0 spiro atoms. The lowest BCUT2D eigenvalue weighted by molar-refractivity contribution is -0.118. The number of hydrogen-bond acceptors (Lipinski definition) is 3. The molecular formula is C26H28N2O3. The van der Waals surface area contributed by atoms with E-state index in [0.29, 0.717) is 23.7 Å². The molecule has 3 aromatic rings. The van der Waals surface area contributed by atoms with Crippen molar-refractivity contribution in [2.24, 2.45) is 0 Å². The van der Waals surface area contributed by atoms with E-state index in [1.807, 2.05) is 54.6 Å². The van der Waals surface area contributed by atoms with Crippen molar-refractivity contribution < 1.29 is 14.3 Å². The van der Waals surface area contributed by atoms with Crippen LogP contribution in [0, 0.1) is 0 Å². The fourth-order valence-electron chi connectivity index (χ4n) is 3.16. The Bertz CT molecular complexity index is 1000. The van der Waals surface area contributed by atoms with Gasteiger partial charge in [0, 0.05) is 17.8 Å². The average Bonchev–Trinajstić information content (AvgIpc) is 2.82. The van der Waals surface area contributed by atoms with Crippen molar-refractivity contribution in [2.75, 3.05) is 11.9 Å². The maximum atomic E-state index is 12.3. The highest BCUT2D eigenvalue weighted by Crippen LogP contribution is 2.28. The van der Waals surface area contributed by atoms with E-state index < -0.39 is 0 Å². The number of anilines is 1. The third-order valence-corrected chi connectivity index (χ3v) is 5.15. The van der Waals surface area contributed by atoms with Crippen molar-refractivity contribution in [2.45, 2.75) is 32.7 Å². The maximum absolute atomic E-state index is 12.3. The topological polar surface area (TPSA) is 67.4 Å². The number of amides is 2. The highest BCUT2D eigenvalue weighted by molar-refractivity contribution is 5.96. The van der Waals surface area contributed by atoms with Crippen LogP contribution >= 0.6 is 0 Å². The van der Waals surface area contributed by atoms with Crippen LogP contribution in [0.15, 0.2) is 78.9 Å². The van der Waals surface area contributed by atoms with Crippen LogP contribution in [-0.2, 0) is 11.3 Å². The lowest BCUT2D eigenvalue weighted by atomic mass is 9.98. The molecule has 5 heteroatoms. The van der Waals surface area contributed by atoms with Crippen LogP contribution in [-0.4, -0.2) is 18.4 Å². The molecule has 2 N–H and O–H groups in total. The van der Waals surface area contributed by atoms with Crippen LogP contribution in [0.1, 0.15) is 47.7 Å². The minimum atomic E-state index is -0.250. The first-order valence-electron chi connectivity index (χ1n) is 10.5. The van der Waals surface area contributed by atoms with Gasteiger partial charge in [0.2, 0.25) is 0 Å². The molecule has 1 atom stereocenters. The monoisotopic (exact) mass is 416 g/mol. The summed E-state index contributed by atoms with van der Waals surface area (Å²) in [5.41, 5.74) is 3.29. The fraction of sp³-hybridized carbons (Fsp3) is 0.231. The van der Waals surface area contributed by atoms with Crippen molar-refractivity contribution in [3.63, 3.8) is 0 Å². The van der Waals surface area contributed by atoms with E-state index in [-0.39, 0.29) is 18.4 Å². The smallest absolute Gasteiger partial charge is 0.262 e. The van der Waals surface area contributed by atoms with Crippen LogP contribution in [0.2, 0.25) is 0 Å². The number of nitrogens with one attached hydrogen (secondary N) is 2. The van der Waals surface area contributed by atoms with Gasteiger partial charge >= 0.3 is 0 Å². The zero-order valence-corrected chi connectivity index (χ0v) is 17.9. The molecule has 0 aliphatic heterocycles. The molecule has 3 aromatic carbocycles. The zero-order chi connectivity index (χ0) is 22.1. The minimum Gasteiger partial charge on any atom is -0.483 e. The molecule has 5 nitrogen and oxygen atoms in total. The third kappa shape index (κ3) is 6.44. The van der Waals surface area contributed by atoms with Gasteiger partial charge < -0.3 is 15.4 Å². The molecule has 0 heterocycles. The Morgan fingerprint density at radius 3 is 2.29 bits per heavy atom. The Labute approximate surface area is 183 Å². The Balaban J connectivity index is 1.50. The first kappa shape index (κ1) is 22.1. The molecule has 0 saturated heterocycles. The Morgan fingerprint density at radius 1 is 0.903 bits per heavy atom. The molecule has 1 unspecified atom stereocenters. The molecular weight excluding hydrogens is 388 g/mol. The molecule has 0 fully saturated rings. The second-order valence-electron chi connectivity index (χ2n) is 7.43. The number of carbonyl (C=O) groups excluding carboxylic acids is 2. The van der Waals surface area contributed by atoms with Crippen molar-refractivity contribution in [3.8, 4) is 5.75 Å². The van der Waals surface area contributed by atoms with Crippen LogP contribution in [0.3, 0.4) is 0 Å². The van der Waals surface area contributed by atoms with Gasteiger partial charge in [-0.3, -0.25) is 9.59 Å². The van der Waals surface area contributed by atoms with Gasteiger partial charge in [-0.2, -0.15) is 0 Å². The Hall–Kier alpha value is -3.60. The van der Waals surface area contributed by atoms with E-state index in [0.717, 1.165) is 23.3 Å². The molecule has 0 aliphatic carbocycles. The summed E-state index contributed by atoms with van der Waals surface area (Å²) in [6.07, 6.45) is 0.998. The van der Waals surface area contributed by atoms with Crippen LogP contribution < -0.4 is 15.4 Å². The molecule has 3 rings (SSSR count). The van der Waals surface area contributed by atoms with Gasteiger partial charge in [0.15, 0.2) is 6.61 Å². The average molecular weight is 417 g/mol. The lowest BCUT2D eigenvalue weighted by Gasteiger charge is -2.15. The van der Waals surface area contributed by atoms with Gasteiger partial charge in [0.1, 0.15) is 5.75 Å². The predicted octanol–water partition coefficient (Wildman–Crippen LogP) is 5.15. The molecule has 0 saturated carbocycles. The normalized spacial score (nSPS) is 11.4. The number of rotatable bonds is 9. The van der Waals surface area contributed by atoms with Crippen molar-refractivity contribution in [3.05, 3.63) is 95.6 Å². The van der Waals surface area contributed by atoms with E-state index in [1.165, 1.54) is 0 Å². The van der Waals surface area contributed by atoms with Crippen molar-refractivity contribution in [1.82, 2.24) is 5.32 Å². The van der Waals surface area contributed by atoms with E-state index in [4.69, 9.17) is 4.74 Å². The van der Waals surface area contributed by atoms with Gasteiger partial charge in [0.05, 0.1) is 0 Å². The Kier molecular flexibility index (Phi) is 7.82. The predicted molar refractivity (Wildman–Crippen MR) is 123 cm³/mol. The van der Waals surface area contributed by atoms with Gasteiger partial charge in [-0.05, 0) is 53.8 Å². The van der Waals surface area contributed by atoms with Crippen molar-refractivity contribution >= 4 is 17.5 Å². The summed E-state index contributed by atoms with van der Waals surface area (Å²) in [5.74, 6) is 0.684. The summed E-state index contributed by atoms with van der Waals surface area (Å²) in [6.45, 7) is 4.65. The number of benzene rings is 3. The summed E-state index contributed by atoms with van der Waals surface area (Å²) < 4.78 is 5.75. The van der Waals surface area contributed by atoms with Crippen LogP contribution in [0.5, 0.6) is 5.75 Å². The molecule has 31 heavy (non-hydrogen) atoms. The third-order valence-electron chi connectivity index (χ3n) is 5.15. The fourth-order valence-corrected chi connectivity index (χ4v) is 3.16. The van der Waals surface area contributed by atoms with Gasteiger partial charge in [-0.1, -0.05) is 62.4 Å². The summed E-state index contributed by atoms with van der Waals surface area (Å²) in [5, 5.41) is 5.69. The van der Waals surface area contributed by atoms with E-state index >= 15 is 0 Å². The lowest BCUT2D eigenvalue weighted by Crippen LogP contribution is -2.23. The second-order valence-corrected chi connectivity index (χ2v) is 7.43. The number of para-hydroxylation sites is 1. The van der Waals surface area contributed by atoms with Gasteiger partial charge in [-0.25, -0.2) is 0 Å². The van der Waals surface area contributed by atoms with Crippen LogP contribution in [0.4, 0.5) is 5.69 Å². The summed E-state index contributed by atoms with van der Waals surface area (Å²) in [6, 6.07) is 24.3. The van der Waals surface area contributed by atoms with Crippen molar-refractivity contribution in [1.29, 1.82) is 0 Å². The first-order valence-corrected chi connectivity index (χ1v) is 10.5. The standard InChI is InChI=1S/C26H28N2O3/c1-3-19(2)23-11-7-8-12-24(23)31-18-25(29)28-22-15-13-21(14-16-22)26(30)27-17-20-9-5-4-6-10-20/h4-16,19H,3,17-18H2,1-2H3,(H,27,30)(H,28,29). The van der Waals surface area contributed by atoms with E-state index in [9.17, 15) is 9.59 Å². The highest BCUT2D eigenvalue weighted by Gasteiger charge is 2.12. The maximum Gasteiger partial charge on any atom is 0.262 e. The number of hydrogen-bond donors (Lipinski definition) is 2. The second kappa shape index (κ2) is 11.0. The largest absolute Gasteiger partial charge is 0.483 e. The highest BCUT2D eigenvalue weighted by atomic mass is 16.5. The van der Waals surface area contributed by atoms with E-state index in [2.05, 4.69) is 24.5 Å². The molecule has 0 aromatic heterocycles. The molecule has 0 aliphatic rings. The summed E-state index contributed by atoms with van der Waals surface area (Å²) in [4.78, 5) is 24.6. The SMILES string of the molecule is CCC(C)c1ccccc1OCC(=O)Nc1ccc(C(=O)NCc2ccccc2)cc1. The first-order chi connectivity index (χ1) is 15.1. The molecule has 2 amide bonds. The number of ether oxygens (including phenoxy) is 1. The minimum absolute atomic E-state index is 0.0766. The Morgan fingerprint density at radius 2 is 1.58 bits per heavy atom. The van der Waals surface area contributed by atoms with E-state index in [1.54, 1.807) is 24.3 Å². The summed E-state index contributed by atoms with van der Waals surface area (Å²) >= 11 is 0. The quantitative estimate of drug-likeness (QED) is 0.507.